The number of aromatic nitrogens is 2. The minimum atomic E-state index is -2.90. The number of halogens is 2. The fraction of sp³-hybridized carbons (Fsp3) is 0.381. The van der Waals surface area contributed by atoms with E-state index in [1.165, 1.54) is 15.7 Å². The summed E-state index contributed by atoms with van der Waals surface area (Å²) in [5.41, 5.74) is 2.09. The van der Waals surface area contributed by atoms with Gasteiger partial charge in [0.05, 0.1) is 5.69 Å². The number of benzene rings is 1. The molecule has 0 radical (unpaired) electrons. The molecule has 1 aromatic carbocycles. The zero-order chi connectivity index (χ0) is 22.1. The third-order valence-corrected chi connectivity index (χ3v) is 6.07. The van der Waals surface area contributed by atoms with Crippen LogP contribution in [0.1, 0.15) is 27.2 Å². The monoisotopic (exact) mass is 448 g/mol. The first-order valence-corrected chi connectivity index (χ1v) is 10.7. The number of thiazole rings is 1. The number of amides is 1. The Hall–Kier alpha value is -2.85. The minimum Gasteiger partial charge on any atom is -0.434 e. The molecule has 0 N–H and O–H groups in total. The van der Waals surface area contributed by atoms with Gasteiger partial charge in [-0.05, 0) is 37.1 Å². The Morgan fingerprint density at radius 2 is 1.84 bits per heavy atom. The van der Waals surface area contributed by atoms with Crippen molar-refractivity contribution in [2.24, 2.45) is 0 Å². The van der Waals surface area contributed by atoms with Gasteiger partial charge in [-0.1, -0.05) is 0 Å². The van der Waals surface area contributed by atoms with Crippen molar-refractivity contribution in [2.75, 3.05) is 26.2 Å². The van der Waals surface area contributed by atoms with Gasteiger partial charge in [-0.25, -0.2) is 4.98 Å². The molecule has 3 heterocycles. The summed E-state index contributed by atoms with van der Waals surface area (Å²) < 4.78 is 31.2. The second-order valence-electron chi connectivity index (χ2n) is 7.53. The van der Waals surface area contributed by atoms with Crippen LogP contribution >= 0.6 is 11.3 Å². The maximum atomic E-state index is 12.9. The van der Waals surface area contributed by atoms with E-state index in [1.54, 1.807) is 43.1 Å². The van der Waals surface area contributed by atoms with Gasteiger partial charge < -0.3 is 9.64 Å². The van der Waals surface area contributed by atoms with E-state index < -0.39 is 6.61 Å². The summed E-state index contributed by atoms with van der Waals surface area (Å²) in [7, 11) is 0. The number of hydrogen-bond donors (Lipinski definition) is 0. The number of carbonyl (C=O) groups is 1. The van der Waals surface area contributed by atoms with Gasteiger partial charge in [0.1, 0.15) is 5.75 Å². The van der Waals surface area contributed by atoms with Gasteiger partial charge in [0, 0.05) is 55.9 Å². The van der Waals surface area contributed by atoms with Crippen LogP contribution in [0, 0.1) is 13.8 Å². The number of hydrogen-bond acceptors (Lipinski definition) is 6. The standard InChI is InChI=1S/C21H22F2N4O3S/c1-13-9-15(10-14(2)18(13)30-20(22)23)19(29)26-5-3-25(4-6-26)12-16-11-17(28)27-7-8-31-21(27)24-16/h7-11,20H,3-6,12H2,1-2H3. The molecule has 0 bridgehead atoms. The summed E-state index contributed by atoms with van der Waals surface area (Å²) in [6, 6.07) is 4.73. The SMILES string of the molecule is Cc1cc(C(=O)N2CCN(Cc3cc(=O)n4ccsc4n3)CC2)cc(C)c1OC(F)F. The fourth-order valence-corrected chi connectivity index (χ4v) is 4.58. The molecule has 2 aromatic heterocycles. The zero-order valence-corrected chi connectivity index (χ0v) is 18.0. The molecule has 7 nitrogen and oxygen atoms in total. The van der Waals surface area contributed by atoms with Crippen molar-refractivity contribution >= 4 is 22.2 Å². The molecule has 164 valence electrons. The van der Waals surface area contributed by atoms with Crippen LogP contribution in [0.4, 0.5) is 8.78 Å². The summed E-state index contributed by atoms with van der Waals surface area (Å²) in [5, 5.41) is 1.83. The second-order valence-corrected chi connectivity index (χ2v) is 8.40. The normalized spacial score (nSPS) is 15.1. The predicted octanol–water partition coefficient (Wildman–Crippen LogP) is 2.93. The fourth-order valence-electron chi connectivity index (χ4n) is 3.84. The average Bonchev–Trinajstić information content (AvgIpc) is 3.20. The van der Waals surface area contributed by atoms with Gasteiger partial charge in [-0.3, -0.25) is 18.9 Å². The first kappa shape index (κ1) is 21.4. The van der Waals surface area contributed by atoms with Gasteiger partial charge >= 0.3 is 6.61 Å². The minimum absolute atomic E-state index is 0.0972. The van der Waals surface area contributed by atoms with Crippen LogP contribution in [0.2, 0.25) is 0 Å². The van der Waals surface area contributed by atoms with Gasteiger partial charge in [-0.2, -0.15) is 8.78 Å². The third-order valence-electron chi connectivity index (χ3n) is 5.32. The molecule has 1 aliphatic rings. The molecule has 0 unspecified atom stereocenters. The van der Waals surface area contributed by atoms with Crippen molar-refractivity contribution < 1.29 is 18.3 Å². The van der Waals surface area contributed by atoms with Crippen molar-refractivity contribution in [2.45, 2.75) is 27.0 Å². The lowest BCUT2D eigenvalue weighted by Crippen LogP contribution is -2.48. The van der Waals surface area contributed by atoms with E-state index in [1.807, 2.05) is 5.38 Å². The van der Waals surface area contributed by atoms with Crippen molar-refractivity contribution in [3.05, 3.63) is 62.5 Å². The zero-order valence-electron chi connectivity index (χ0n) is 17.2. The van der Waals surface area contributed by atoms with Crippen LogP contribution < -0.4 is 10.3 Å². The maximum absolute atomic E-state index is 12.9. The maximum Gasteiger partial charge on any atom is 0.387 e. The number of nitrogens with zero attached hydrogens (tertiary/aromatic N) is 4. The van der Waals surface area contributed by atoms with Crippen LogP contribution in [0.25, 0.3) is 4.96 Å². The molecule has 1 aliphatic heterocycles. The highest BCUT2D eigenvalue weighted by molar-refractivity contribution is 7.15. The molecular weight excluding hydrogens is 426 g/mol. The number of carbonyl (C=O) groups excluding carboxylic acids is 1. The highest BCUT2D eigenvalue weighted by atomic mass is 32.1. The Labute approximate surface area is 181 Å². The summed E-state index contributed by atoms with van der Waals surface area (Å²) in [4.78, 5) is 34.2. The van der Waals surface area contributed by atoms with Gasteiger partial charge in [-0.15, -0.1) is 11.3 Å². The third kappa shape index (κ3) is 4.59. The van der Waals surface area contributed by atoms with Crippen molar-refractivity contribution in [3.63, 3.8) is 0 Å². The van der Waals surface area contributed by atoms with Crippen molar-refractivity contribution in [1.29, 1.82) is 0 Å². The summed E-state index contributed by atoms with van der Waals surface area (Å²) in [5.74, 6) is -0.0201. The summed E-state index contributed by atoms with van der Waals surface area (Å²) in [6.07, 6.45) is 1.71. The van der Waals surface area contributed by atoms with E-state index in [2.05, 4.69) is 14.6 Å². The number of alkyl halides is 2. The quantitative estimate of drug-likeness (QED) is 0.601. The lowest BCUT2D eigenvalue weighted by Gasteiger charge is -2.34. The lowest BCUT2D eigenvalue weighted by molar-refractivity contribution is -0.0507. The smallest absolute Gasteiger partial charge is 0.387 e. The van der Waals surface area contributed by atoms with E-state index in [-0.39, 0.29) is 17.2 Å². The van der Waals surface area contributed by atoms with Crippen LogP contribution in [0.15, 0.2) is 34.6 Å². The molecule has 1 fully saturated rings. The molecule has 31 heavy (non-hydrogen) atoms. The van der Waals surface area contributed by atoms with Crippen molar-refractivity contribution in [3.8, 4) is 5.75 Å². The average molecular weight is 448 g/mol. The Morgan fingerprint density at radius 1 is 1.16 bits per heavy atom. The molecule has 1 amide bonds. The Bertz CT molecular complexity index is 1150. The second kappa shape index (κ2) is 8.72. The first-order valence-electron chi connectivity index (χ1n) is 9.85. The van der Waals surface area contributed by atoms with E-state index in [9.17, 15) is 18.4 Å². The number of aryl methyl sites for hydroxylation is 2. The number of piperazine rings is 1. The van der Waals surface area contributed by atoms with Crippen LogP contribution in [-0.4, -0.2) is 57.9 Å². The molecule has 0 atom stereocenters. The van der Waals surface area contributed by atoms with E-state index in [0.717, 1.165) is 0 Å². The summed E-state index contributed by atoms with van der Waals surface area (Å²) >= 11 is 1.42. The molecule has 0 spiro atoms. The largest absolute Gasteiger partial charge is 0.434 e. The Kier molecular flexibility index (Phi) is 6.01. The molecule has 0 saturated carbocycles. The van der Waals surface area contributed by atoms with E-state index >= 15 is 0 Å². The molecular formula is C21H22F2N4O3S. The van der Waals surface area contributed by atoms with Crippen LogP contribution in [0.5, 0.6) is 5.75 Å². The Balaban J connectivity index is 1.40. The molecule has 3 aromatic rings. The van der Waals surface area contributed by atoms with Gasteiger partial charge in [0.15, 0.2) is 4.96 Å². The van der Waals surface area contributed by atoms with Gasteiger partial charge in [0.2, 0.25) is 0 Å². The van der Waals surface area contributed by atoms with Gasteiger partial charge in [0.25, 0.3) is 11.5 Å². The molecule has 4 rings (SSSR count). The van der Waals surface area contributed by atoms with E-state index in [4.69, 9.17) is 0 Å². The lowest BCUT2D eigenvalue weighted by atomic mass is 10.0. The number of ether oxygens (including phenoxy) is 1. The number of rotatable bonds is 5. The molecule has 0 aliphatic carbocycles. The highest BCUT2D eigenvalue weighted by Crippen LogP contribution is 2.27. The van der Waals surface area contributed by atoms with Crippen LogP contribution in [0.3, 0.4) is 0 Å². The highest BCUT2D eigenvalue weighted by Gasteiger charge is 2.24. The molecule has 1 saturated heterocycles. The Morgan fingerprint density at radius 3 is 2.48 bits per heavy atom. The van der Waals surface area contributed by atoms with E-state index in [0.29, 0.717) is 60.1 Å². The molecule has 10 heteroatoms. The van der Waals surface area contributed by atoms with Crippen molar-refractivity contribution in [1.82, 2.24) is 19.2 Å². The van der Waals surface area contributed by atoms with Crippen LogP contribution in [-0.2, 0) is 6.54 Å². The predicted molar refractivity (Wildman–Crippen MR) is 113 cm³/mol. The number of fused-ring (bicyclic) bond motifs is 1. The topological polar surface area (TPSA) is 67.2 Å². The first-order chi connectivity index (χ1) is 14.8. The summed E-state index contributed by atoms with van der Waals surface area (Å²) in [6.45, 7) is 3.32.